The fourth-order valence-corrected chi connectivity index (χ4v) is 3.63. The van der Waals surface area contributed by atoms with Gasteiger partial charge in [-0.3, -0.25) is 4.79 Å². The van der Waals surface area contributed by atoms with E-state index in [-0.39, 0.29) is 29.9 Å². The first-order chi connectivity index (χ1) is 12.5. The van der Waals surface area contributed by atoms with Gasteiger partial charge in [0.2, 0.25) is 15.9 Å². The van der Waals surface area contributed by atoms with E-state index in [1.54, 1.807) is 19.1 Å². The van der Waals surface area contributed by atoms with Crippen molar-refractivity contribution < 1.29 is 31.1 Å². The number of aryl methyl sites for hydroxylation is 1. The molecule has 1 aliphatic rings. The lowest BCUT2D eigenvalue weighted by Gasteiger charge is -2.15. The number of halogens is 3. The molecule has 0 saturated heterocycles. The van der Waals surface area contributed by atoms with Gasteiger partial charge in [0.1, 0.15) is 6.61 Å². The van der Waals surface area contributed by atoms with Gasteiger partial charge in [-0.1, -0.05) is 12.1 Å². The number of alkyl halides is 3. The first-order valence-electron chi connectivity index (χ1n) is 8.60. The molecule has 0 spiro atoms. The summed E-state index contributed by atoms with van der Waals surface area (Å²) in [6.45, 7) is -0.0231. The number of rotatable bonds is 10. The highest BCUT2D eigenvalue weighted by Crippen LogP contribution is 2.22. The number of hydrogen-bond acceptors (Lipinski definition) is 4. The van der Waals surface area contributed by atoms with Crippen molar-refractivity contribution in [1.82, 2.24) is 10.0 Å². The van der Waals surface area contributed by atoms with Gasteiger partial charge in [-0.15, -0.1) is 0 Å². The standard InChI is InChI=1S/C17H23F3N2O4S/c1-12(10-26-11-17(18,19)20)21-16(23)9-4-13-2-7-15(8-3-13)27(24,25)22-14-5-6-14/h2-3,7-8,12,14,22H,4-6,9-11H2,1H3,(H,21,23). The van der Waals surface area contributed by atoms with Crippen LogP contribution in [0.1, 0.15) is 31.7 Å². The third kappa shape index (κ3) is 8.27. The van der Waals surface area contributed by atoms with Gasteiger partial charge in [0.15, 0.2) is 0 Å². The van der Waals surface area contributed by atoms with E-state index in [9.17, 15) is 26.4 Å². The van der Waals surface area contributed by atoms with E-state index in [0.29, 0.717) is 6.42 Å². The van der Waals surface area contributed by atoms with E-state index in [4.69, 9.17) is 0 Å². The molecule has 152 valence electrons. The van der Waals surface area contributed by atoms with Crippen LogP contribution in [0.3, 0.4) is 0 Å². The molecule has 0 radical (unpaired) electrons. The van der Waals surface area contributed by atoms with Crippen LogP contribution in [0.15, 0.2) is 29.2 Å². The molecule has 1 atom stereocenters. The first-order valence-corrected chi connectivity index (χ1v) is 10.1. The van der Waals surface area contributed by atoms with E-state index >= 15 is 0 Å². The number of nitrogens with one attached hydrogen (secondary N) is 2. The van der Waals surface area contributed by atoms with Gasteiger partial charge in [-0.05, 0) is 43.9 Å². The number of benzene rings is 1. The van der Waals surface area contributed by atoms with E-state index in [1.807, 2.05) is 0 Å². The van der Waals surface area contributed by atoms with Crippen molar-refractivity contribution in [2.75, 3.05) is 13.2 Å². The van der Waals surface area contributed by atoms with Gasteiger partial charge in [0.05, 0.1) is 11.5 Å². The van der Waals surface area contributed by atoms with Crippen LogP contribution >= 0.6 is 0 Å². The molecule has 0 aromatic heterocycles. The molecule has 6 nitrogen and oxygen atoms in total. The van der Waals surface area contributed by atoms with Crippen LogP contribution in [0.4, 0.5) is 13.2 Å². The normalized spacial score (nSPS) is 16.1. The molecule has 1 amide bonds. The van der Waals surface area contributed by atoms with Crippen LogP contribution < -0.4 is 10.0 Å². The molecule has 1 saturated carbocycles. The molecular weight excluding hydrogens is 385 g/mol. The number of ether oxygens (including phenoxy) is 1. The number of carbonyl (C=O) groups is 1. The Hall–Kier alpha value is -1.65. The van der Waals surface area contributed by atoms with Gasteiger partial charge >= 0.3 is 6.18 Å². The molecule has 0 aliphatic heterocycles. The second kappa shape index (κ2) is 9.03. The van der Waals surface area contributed by atoms with Crippen LogP contribution in [0.5, 0.6) is 0 Å². The molecule has 1 aliphatic carbocycles. The van der Waals surface area contributed by atoms with Crippen LogP contribution in [0, 0.1) is 0 Å². The third-order valence-corrected chi connectivity index (χ3v) is 5.35. The fourth-order valence-electron chi connectivity index (χ4n) is 2.32. The first kappa shape index (κ1) is 21.6. The molecule has 0 bridgehead atoms. The Morgan fingerprint density at radius 1 is 1.26 bits per heavy atom. The minimum atomic E-state index is -4.39. The quantitative estimate of drug-likeness (QED) is 0.621. The number of amides is 1. The van der Waals surface area contributed by atoms with Crippen LogP contribution in [0.25, 0.3) is 0 Å². The van der Waals surface area contributed by atoms with Crippen molar-refractivity contribution >= 4 is 15.9 Å². The minimum absolute atomic E-state index is 0.0282. The summed E-state index contributed by atoms with van der Waals surface area (Å²) in [4.78, 5) is 12.0. The SMILES string of the molecule is CC(COCC(F)(F)F)NC(=O)CCc1ccc(S(=O)(=O)NC2CC2)cc1. The van der Waals surface area contributed by atoms with Crippen molar-refractivity contribution in [2.24, 2.45) is 0 Å². The van der Waals surface area contributed by atoms with E-state index in [0.717, 1.165) is 18.4 Å². The van der Waals surface area contributed by atoms with Gasteiger partial charge in [-0.25, -0.2) is 13.1 Å². The van der Waals surface area contributed by atoms with Crippen LogP contribution in [0.2, 0.25) is 0 Å². The fraction of sp³-hybridized carbons (Fsp3) is 0.588. The lowest BCUT2D eigenvalue weighted by Crippen LogP contribution is -2.36. The summed E-state index contributed by atoms with van der Waals surface area (Å²) in [5, 5.41) is 2.56. The van der Waals surface area contributed by atoms with Crippen molar-refractivity contribution in [2.45, 2.75) is 55.8 Å². The predicted molar refractivity (Wildman–Crippen MR) is 92.6 cm³/mol. The minimum Gasteiger partial charge on any atom is -0.370 e. The number of carbonyl (C=O) groups excluding carboxylic acids is 1. The Morgan fingerprint density at radius 2 is 1.89 bits per heavy atom. The molecule has 1 aromatic carbocycles. The summed E-state index contributed by atoms with van der Waals surface area (Å²) in [6.07, 6.45) is -2.16. The Balaban J connectivity index is 1.73. The van der Waals surface area contributed by atoms with Crippen molar-refractivity contribution in [3.63, 3.8) is 0 Å². The summed E-state index contributed by atoms with van der Waals surface area (Å²) < 4.78 is 67.2. The summed E-state index contributed by atoms with van der Waals surface area (Å²) in [7, 11) is -3.50. The molecule has 10 heteroatoms. The molecular formula is C17H23F3N2O4S. The summed E-state index contributed by atoms with van der Waals surface area (Å²) in [6, 6.07) is 5.76. The van der Waals surface area contributed by atoms with Crippen LogP contribution in [-0.2, 0) is 26.0 Å². The summed E-state index contributed by atoms with van der Waals surface area (Å²) in [5.41, 5.74) is 0.788. The maximum absolute atomic E-state index is 12.1. The Kier molecular flexibility index (Phi) is 7.24. The van der Waals surface area contributed by atoms with Gasteiger partial charge in [0, 0.05) is 18.5 Å². The highest BCUT2D eigenvalue weighted by Gasteiger charge is 2.28. The predicted octanol–water partition coefficient (Wildman–Crippen LogP) is 2.14. The second-order valence-corrected chi connectivity index (χ2v) is 8.35. The Labute approximate surface area is 156 Å². The molecule has 1 fully saturated rings. The number of sulfonamides is 1. The highest BCUT2D eigenvalue weighted by molar-refractivity contribution is 7.89. The third-order valence-electron chi connectivity index (χ3n) is 3.81. The zero-order valence-corrected chi connectivity index (χ0v) is 15.7. The van der Waals surface area contributed by atoms with Gasteiger partial charge in [-0.2, -0.15) is 13.2 Å². The van der Waals surface area contributed by atoms with Crippen LogP contribution in [-0.4, -0.2) is 45.8 Å². The molecule has 2 N–H and O–H groups in total. The summed E-state index contributed by atoms with van der Waals surface area (Å²) in [5.74, 6) is -0.315. The van der Waals surface area contributed by atoms with Crippen molar-refractivity contribution in [3.8, 4) is 0 Å². The molecule has 2 rings (SSSR count). The molecule has 0 heterocycles. The van der Waals surface area contributed by atoms with E-state index in [1.165, 1.54) is 12.1 Å². The molecule has 27 heavy (non-hydrogen) atoms. The van der Waals surface area contributed by atoms with Gasteiger partial charge in [0.25, 0.3) is 0 Å². The second-order valence-electron chi connectivity index (χ2n) is 6.64. The smallest absolute Gasteiger partial charge is 0.370 e. The van der Waals surface area contributed by atoms with E-state index < -0.39 is 28.8 Å². The largest absolute Gasteiger partial charge is 0.411 e. The van der Waals surface area contributed by atoms with E-state index in [2.05, 4.69) is 14.8 Å². The highest BCUT2D eigenvalue weighted by atomic mass is 32.2. The summed E-state index contributed by atoms with van der Waals surface area (Å²) >= 11 is 0. The van der Waals surface area contributed by atoms with Crippen molar-refractivity contribution in [1.29, 1.82) is 0 Å². The molecule has 1 unspecified atom stereocenters. The Bertz CT molecular complexity index is 732. The maximum atomic E-state index is 12.1. The van der Waals surface area contributed by atoms with Crippen molar-refractivity contribution in [3.05, 3.63) is 29.8 Å². The van der Waals surface area contributed by atoms with Gasteiger partial charge < -0.3 is 10.1 Å². The monoisotopic (exact) mass is 408 g/mol. The average molecular weight is 408 g/mol. The lowest BCUT2D eigenvalue weighted by atomic mass is 10.1. The number of hydrogen-bond donors (Lipinski definition) is 2. The zero-order valence-electron chi connectivity index (χ0n) is 14.9. The topological polar surface area (TPSA) is 84.5 Å². The lowest BCUT2D eigenvalue weighted by molar-refractivity contribution is -0.175. The zero-order chi connectivity index (χ0) is 20.1. The molecule has 1 aromatic rings. The Morgan fingerprint density at radius 3 is 2.44 bits per heavy atom. The average Bonchev–Trinajstić information content (AvgIpc) is 3.35. The maximum Gasteiger partial charge on any atom is 0.411 e.